The predicted octanol–water partition coefficient (Wildman–Crippen LogP) is 4.23. The highest BCUT2D eigenvalue weighted by molar-refractivity contribution is 6.30. The maximum absolute atomic E-state index is 14.2. The summed E-state index contributed by atoms with van der Waals surface area (Å²) in [5, 5.41) is 4.26. The highest BCUT2D eigenvalue weighted by Gasteiger charge is 2.37. The second-order valence-corrected chi connectivity index (χ2v) is 6.09. The Bertz CT molecular complexity index is 460. The molecule has 1 atom stereocenters. The molecule has 20 heavy (non-hydrogen) atoms. The molecule has 1 fully saturated rings. The Balaban J connectivity index is 2.36. The minimum absolute atomic E-state index is 0.0699. The van der Waals surface area contributed by atoms with E-state index in [4.69, 9.17) is 11.6 Å². The lowest BCUT2D eigenvalue weighted by Gasteiger charge is -2.48. The van der Waals surface area contributed by atoms with Crippen molar-refractivity contribution < 1.29 is 4.39 Å². The normalized spacial score (nSPS) is 22.1. The van der Waals surface area contributed by atoms with E-state index in [0.717, 1.165) is 32.4 Å². The second kappa shape index (κ2) is 6.31. The molecule has 1 aliphatic heterocycles. The van der Waals surface area contributed by atoms with Crippen molar-refractivity contribution >= 4 is 17.3 Å². The number of piperazine rings is 1. The summed E-state index contributed by atoms with van der Waals surface area (Å²) in [6.07, 6.45) is 3.07. The largest absolute Gasteiger partial charge is 0.363 e. The second-order valence-electron chi connectivity index (χ2n) is 5.65. The van der Waals surface area contributed by atoms with E-state index in [1.807, 2.05) is 0 Å². The van der Waals surface area contributed by atoms with E-state index < -0.39 is 0 Å². The highest BCUT2D eigenvalue weighted by Crippen LogP contribution is 2.31. The molecule has 2 nitrogen and oxygen atoms in total. The fraction of sp³-hybridized carbons (Fsp3) is 0.625. The van der Waals surface area contributed by atoms with Gasteiger partial charge in [0.05, 0.1) is 5.69 Å². The van der Waals surface area contributed by atoms with Crippen molar-refractivity contribution in [2.45, 2.75) is 51.6 Å². The molecule has 1 aromatic carbocycles. The Kier molecular flexibility index (Phi) is 4.92. The van der Waals surface area contributed by atoms with Crippen LogP contribution in [0.15, 0.2) is 18.2 Å². The molecular weight excluding hydrogens is 275 g/mol. The molecule has 0 saturated carbocycles. The SMILES string of the molecule is CCC1CNC(CC)(CC)CN1c1cc(Cl)ccc1F. The van der Waals surface area contributed by atoms with E-state index in [1.165, 1.54) is 6.07 Å². The summed E-state index contributed by atoms with van der Waals surface area (Å²) in [5.74, 6) is -0.184. The van der Waals surface area contributed by atoms with E-state index in [0.29, 0.717) is 16.8 Å². The lowest BCUT2D eigenvalue weighted by molar-refractivity contribution is 0.245. The van der Waals surface area contributed by atoms with Gasteiger partial charge in [0.1, 0.15) is 5.82 Å². The number of halogens is 2. The van der Waals surface area contributed by atoms with Crippen molar-refractivity contribution in [2.75, 3.05) is 18.0 Å². The van der Waals surface area contributed by atoms with Crippen LogP contribution in [0.2, 0.25) is 5.02 Å². The molecule has 0 spiro atoms. The number of nitrogens with zero attached hydrogens (tertiary/aromatic N) is 1. The average Bonchev–Trinajstić information content (AvgIpc) is 2.49. The van der Waals surface area contributed by atoms with E-state index in [2.05, 4.69) is 31.0 Å². The Morgan fingerprint density at radius 2 is 2.05 bits per heavy atom. The van der Waals surface area contributed by atoms with E-state index in [-0.39, 0.29) is 11.4 Å². The number of hydrogen-bond donors (Lipinski definition) is 1. The van der Waals surface area contributed by atoms with Crippen LogP contribution in [-0.2, 0) is 0 Å². The maximum Gasteiger partial charge on any atom is 0.146 e. The molecule has 1 heterocycles. The van der Waals surface area contributed by atoms with E-state index in [9.17, 15) is 4.39 Å². The van der Waals surface area contributed by atoms with Gasteiger partial charge in [0.25, 0.3) is 0 Å². The Morgan fingerprint density at radius 1 is 1.35 bits per heavy atom. The zero-order valence-electron chi connectivity index (χ0n) is 12.5. The average molecular weight is 299 g/mol. The molecule has 1 aromatic rings. The summed E-state index contributed by atoms with van der Waals surface area (Å²) in [7, 11) is 0. The van der Waals surface area contributed by atoms with Gasteiger partial charge in [-0.3, -0.25) is 0 Å². The van der Waals surface area contributed by atoms with Crippen LogP contribution in [0.3, 0.4) is 0 Å². The van der Waals surface area contributed by atoms with Gasteiger partial charge in [0, 0.05) is 29.7 Å². The van der Waals surface area contributed by atoms with Gasteiger partial charge < -0.3 is 10.2 Å². The monoisotopic (exact) mass is 298 g/mol. The highest BCUT2D eigenvalue weighted by atomic mass is 35.5. The molecule has 0 aliphatic carbocycles. The number of anilines is 1. The van der Waals surface area contributed by atoms with Crippen LogP contribution in [0.1, 0.15) is 40.0 Å². The van der Waals surface area contributed by atoms with Crippen molar-refractivity contribution in [3.8, 4) is 0 Å². The quantitative estimate of drug-likeness (QED) is 0.895. The molecule has 1 unspecified atom stereocenters. The zero-order chi connectivity index (χ0) is 14.8. The summed E-state index contributed by atoms with van der Waals surface area (Å²) in [5.41, 5.74) is 0.706. The van der Waals surface area contributed by atoms with Gasteiger partial charge in [-0.25, -0.2) is 4.39 Å². The lowest BCUT2D eigenvalue weighted by Crippen LogP contribution is -2.64. The molecule has 0 amide bonds. The Morgan fingerprint density at radius 3 is 2.65 bits per heavy atom. The Hall–Kier alpha value is -0.800. The van der Waals surface area contributed by atoms with Crippen LogP contribution >= 0.6 is 11.6 Å². The van der Waals surface area contributed by atoms with Crippen LogP contribution in [0.4, 0.5) is 10.1 Å². The number of rotatable bonds is 4. The number of nitrogens with one attached hydrogen (secondary N) is 1. The van der Waals surface area contributed by atoms with Crippen LogP contribution in [0.25, 0.3) is 0 Å². The maximum atomic E-state index is 14.2. The fourth-order valence-corrected chi connectivity index (χ4v) is 3.20. The molecule has 1 saturated heterocycles. The summed E-state index contributed by atoms with van der Waals surface area (Å²) in [6, 6.07) is 5.14. The van der Waals surface area contributed by atoms with Crippen LogP contribution < -0.4 is 10.2 Å². The van der Waals surface area contributed by atoms with Crippen molar-refractivity contribution in [2.24, 2.45) is 0 Å². The van der Waals surface area contributed by atoms with Gasteiger partial charge in [-0.15, -0.1) is 0 Å². The van der Waals surface area contributed by atoms with Crippen LogP contribution in [0.5, 0.6) is 0 Å². The van der Waals surface area contributed by atoms with E-state index in [1.54, 1.807) is 12.1 Å². The molecule has 112 valence electrons. The predicted molar refractivity (Wildman–Crippen MR) is 84.2 cm³/mol. The first-order valence-electron chi connectivity index (χ1n) is 7.52. The fourth-order valence-electron chi connectivity index (χ4n) is 3.03. The zero-order valence-corrected chi connectivity index (χ0v) is 13.3. The first kappa shape index (κ1) is 15.6. The lowest BCUT2D eigenvalue weighted by atomic mass is 9.87. The van der Waals surface area contributed by atoms with Gasteiger partial charge in [-0.2, -0.15) is 0 Å². The smallest absolute Gasteiger partial charge is 0.146 e. The van der Waals surface area contributed by atoms with Crippen LogP contribution in [-0.4, -0.2) is 24.7 Å². The minimum atomic E-state index is -0.184. The summed E-state index contributed by atoms with van der Waals surface area (Å²) < 4.78 is 14.2. The minimum Gasteiger partial charge on any atom is -0.363 e. The molecule has 1 N–H and O–H groups in total. The number of benzene rings is 1. The standard InChI is InChI=1S/C16H24ClFN2/c1-4-13-10-19-16(5-2,6-3)11-20(13)15-9-12(17)7-8-14(15)18/h7-9,13,19H,4-6,10-11H2,1-3H3. The molecule has 0 radical (unpaired) electrons. The topological polar surface area (TPSA) is 15.3 Å². The molecular formula is C16H24ClFN2. The van der Waals surface area contributed by atoms with Crippen molar-refractivity contribution in [3.05, 3.63) is 29.0 Å². The first-order chi connectivity index (χ1) is 9.55. The molecule has 0 aromatic heterocycles. The summed E-state index contributed by atoms with van der Waals surface area (Å²) in [4.78, 5) is 2.20. The van der Waals surface area contributed by atoms with Crippen molar-refractivity contribution in [1.82, 2.24) is 5.32 Å². The molecule has 4 heteroatoms. The Labute approximate surface area is 126 Å². The third-order valence-corrected chi connectivity index (χ3v) is 4.90. The molecule has 2 rings (SSSR count). The van der Waals surface area contributed by atoms with Crippen molar-refractivity contribution in [1.29, 1.82) is 0 Å². The molecule has 0 bridgehead atoms. The van der Waals surface area contributed by atoms with Gasteiger partial charge in [-0.05, 0) is 37.5 Å². The third kappa shape index (κ3) is 2.94. The van der Waals surface area contributed by atoms with Gasteiger partial charge in [0.15, 0.2) is 0 Å². The van der Waals surface area contributed by atoms with Gasteiger partial charge in [0.2, 0.25) is 0 Å². The van der Waals surface area contributed by atoms with Crippen molar-refractivity contribution in [3.63, 3.8) is 0 Å². The third-order valence-electron chi connectivity index (χ3n) is 4.67. The molecule has 1 aliphatic rings. The first-order valence-corrected chi connectivity index (χ1v) is 7.89. The number of hydrogen-bond acceptors (Lipinski definition) is 2. The summed E-state index contributed by atoms with van der Waals surface area (Å²) >= 11 is 6.06. The van der Waals surface area contributed by atoms with Crippen LogP contribution in [0, 0.1) is 5.82 Å². The van der Waals surface area contributed by atoms with Gasteiger partial charge >= 0.3 is 0 Å². The summed E-state index contributed by atoms with van der Waals surface area (Å²) in [6.45, 7) is 8.25. The van der Waals surface area contributed by atoms with Gasteiger partial charge in [-0.1, -0.05) is 32.4 Å². The van der Waals surface area contributed by atoms with E-state index >= 15 is 0 Å².